The van der Waals surface area contributed by atoms with Crippen molar-refractivity contribution in [3.8, 4) is 0 Å². The molecule has 1 aromatic rings. The zero-order valence-electron chi connectivity index (χ0n) is 10.0. The largest absolute Gasteiger partial charge is 0.453 e. The summed E-state index contributed by atoms with van der Waals surface area (Å²) < 4.78 is 4.41. The van der Waals surface area contributed by atoms with Gasteiger partial charge in [-0.2, -0.15) is 0 Å². The normalized spacial score (nSPS) is 9.37. The third-order valence-corrected chi connectivity index (χ3v) is 2.42. The molecule has 0 fully saturated rings. The van der Waals surface area contributed by atoms with Crippen LogP contribution < -0.4 is 16.0 Å². The number of carbonyl (C=O) groups excluding carboxylic acids is 2. The predicted molar refractivity (Wildman–Crippen MR) is 77.6 cm³/mol. The number of thiocarbonyl (C=S) groups is 1. The second kappa shape index (κ2) is 7.55. The average Bonchev–Trinajstić information content (AvgIpc) is 2.40. The number of nitrogens with one attached hydrogen (secondary N) is 3. The molecule has 0 aliphatic carbocycles. The zero-order valence-corrected chi connectivity index (χ0v) is 11.6. The van der Waals surface area contributed by atoms with Crippen molar-refractivity contribution < 1.29 is 14.3 Å². The van der Waals surface area contributed by atoms with Gasteiger partial charge in [-0.25, -0.2) is 4.79 Å². The Kier molecular flexibility index (Phi) is 6.04. The van der Waals surface area contributed by atoms with E-state index in [1.807, 2.05) is 0 Å². The first-order valence-corrected chi connectivity index (χ1v) is 6.12. The Bertz CT molecular complexity index is 496. The smallest absolute Gasteiger partial charge is 0.413 e. The van der Waals surface area contributed by atoms with E-state index in [-0.39, 0.29) is 16.9 Å². The lowest BCUT2D eigenvalue weighted by Crippen LogP contribution is -2.34. The van der Waals surface area contributed by atoms with Crippen LogP contribution in [0.4, 0.5) is 16.2 Å². The van der Waals surface area contributed by atoms with E-state index in [1.54, 1.807) is 24.3 Å². The van der Waals surface area contributed by atoms with E-state index in [9.17, 15) is 9.59 Å². The molecule has 0 spiro atoms. The maximum atomic E-state index is 11.2. The molecule has 0 bridgehead atoms. The Morgan fingerprint density at radius 1 is 1.26 bits per heavy atom. The van der Waals surface area contributed by atoms with Gasteiger partial charge in [-0.05, 0) is 24.4 Å². The van der Waals surface area contributed by atoms with E-state index in [0.717, 1.165) is 0 Å². The van der Waals surface area contributed by atoms with Gasteiger partial charge in [0.15, 0.2) is 5.11 Å². The topological polar surface area (TPSA) is 79.5 Å². The minimum absolute atomic E-state index is 0.0550. The number of alkyl halides is 1. The van der Waals surface area contributed by atoms with E-state index in [0.29, 0.717) is 11.4 Å². The third kappa shape index (κ3) is 5.11. The summed E-state index contributed by atoms with van der Waals surface area (Å²) in [7, 11) is 1.23. The molecule has 0 saturated carbocycles. The molecule has 0 aliphatic heterocycles. The van der Waals surface area contributed by atoms with Crippen molar-refractivity contribution in [3.63, 3.8) is 0 Å². The van der Waals surface area contributed by atoms with Gasteiger partial charge in [0, 0.05) is 0 Å². The number of amides is 2. The standard InChI is InChI=1S/C11H12ClN3O3S/c1-18-11(17)15-10(19)14-8-5-3-2-4-7(8)13-9(16)6-12/h2-5H,6H2,1H3,(H,13,16)(H2,14,15,17,19). The molecule has 1 rings (SSSR count). The van der Waals surface area contributed by atoms with Crippen LogP contribution in [-0.4, -0.2) is 30.1 Å². The summed E-state index contributed by atoms with van der Waals surface area (Å²) in [6.45, 7) is 0. The van der Waals surface area contributed by atoms with Gasteiger partial charge in [-0.15, -0.1) is 11.6 Å². The fourth-order valence-corrected chi connectivity index (χ4v) is 1.44. The van der Waals surface area contributed by atoms with Gasteiger partial charge < -0.3 is 15.4 Å². The van der Waals surface area contributed by atoms with Crippen LogP contribution in [0, 0.1) is 0 Å². The Hall–Kier alpha value is -1.86. The third-order valence-electron chi connectivity index (χ3n) is 1.97. The quantitative estimate of drug-likeness (QED) is 0.587. The molecular formula is C11H12ClN3O3S. The number of para-hydroxylation sites is 2. The zero-order chi connectivity index (χ0) is 14.3. The van der Waals surface area contributed by atoms with Gasteiger partial charge in [-0.1, -0.05) is 12.1 Å². The monoisotopic (exact) mass is 301 g/mol. The lowest BCUT2D eigenvalue weighted by Gasteiger charge is -2.13. The number of ether oxygens (including phenoxy) is 1. The molecule has 0 aromatic heterocycles. The summed E-state index contributed by atoms with van der Waals surface area (Å²) in [6.07, 6.45) is -0.681. The van der Waals surface area contributed by atoms with Gasteiger partial charge in [0.2, 0.25) is 5.91 Å². The first-order valence-electron chi connectivity index (χ1n) is 5.17. The number of anilines is 2. The minimum atomic E-state index is -0.681. The molecule has 19 heavy (non-hydrogen) atoms. The molecule has 102 valence electrons. The van der Waals surface area contributed by atoms with Crippen LogP contribution in [0.3, 0.4) is 0 Å². The Balaban J connectivity index is 2.75. The van der Waals surface area contributed by atoms with Crippen LogP contribution >= 0.6 is 23.8 Å². The molecule has 0 unspecified atom stereocenters. The lowest BCUT2D eigenvalue weighted by molar-refractivity contribution is -0.113. The van der Waals surface area contributed by atoms with Crippen molar-refractivity contribution in [1.29, 1.82) is 0 Å². The van der Waals surface area contributed by atoms with Crippen LogP contribution in [0.1, 0.15) is 0 Å². The Labute approximate surface area is 120 Å². The van der Waals surface area contributed by atoms with Crippen molar-refractivity contribution in [2.24, 2.45) is 0 Å². The molecule has 3 N–H and O–H groups in total. The number of halogens is 1. The number of hydrogen-bond acceptors (Lipinski definition) is 4. The van der Waals surface area contributed by atoms with Gasteiger partial charge in [0.1, 0.15) is 5.88 Å². The molecule has 0 saturated heterocycles. The maximum absolute atomic E-state index is 11.2. The van der Waals surface area contributed by atoms with E-state index in [1.165, 1.54) is 7.11 Å². The number of methoxy groups -OCH3 is 1. The van der Waals surface area contributed by atoms with Gasteiger partial charge >= 0.3 is 6.09 Å². The van der Waals surface area contributed by atoms with E-state index >= 15 is 0 Å². The lowest BCUT2D eigenvalue weighted by atomic mass is 10.2. The second-order valence-electron chi connectivity index (χ2n) is 3.30. The number of benzene rings is 1. The highest BCUT2D eigenvalue weighted by molar-refractivity contribution is 7.80. The van der Waals surface area contributed by atoms with Crippen LogP contribution in [0.25, 0.3) is 0 Å². The summed E-state index contributed by atoms with van der Waals surface area (Å²) in [4.78, 5) is 22.2. The summed E-state index contributed by atoms with van der Waals surface area (Å²) in [5.41, 5.74) is 1.03. The highest BCUT2D eigenvalue weighted by Crippen LogP contribution is 2.20. The van der Waals surface area contributed by atoms with Crippen molar-refractivity contribution in [2.45, 2.75) is 0 Å². The van der Waals surface area contributed by atoms with Gasteiger partial charge in [0.25, 0.3) is 0 Å². The van der Waals surface area contributed by atoms with Gasteiger partial charge in [-0.3, -0.25) is 10.1 Å². The summed E-state index contributed by atoms with van der Waals surface area (Å²) >= 11 is 10.3. The SMILES string of the molecule is COC(=O)NC(=S)Nc1ccccc1NC(=O)CCl. The molecule has 0 aliphatic rings. The minimum Gasteiger partial charge on any atom is -0.453 e. The summed E-state index contributed by atoms with van der Waals surface area (Å²) in [5, 5.41) is 7.71. The van der Waals surface area contributed by atoms with E-state index < -0.39 is 6.09 Å². The fraction of sp³-hybridized carbons (Fsp3) is 0.182. The Morgan fingerprint density at radius 2 is 1.84 bits per heavy atom. The first-order chi connectivity index (χ1) is 9.06. The molecule has 8 heteroatoms. The highest BCUT2D eigenvalue weighted by Gasteiger charge is 2.08. The van der Waals surface area contributed by atoms with Crippen LogP contribution in [0.2, 0.25) is 0 Å². The Morgan fingerprint density at radius 3 is 2.37 bits per heavy atom. The molecule has 1 aromatic carbocycles. The van der Waals surface area contributed by atoms with Crippen molar-refractivity contribution in [1.82, 2.24) is 5.32 Å². The molecule has 6 nitrogen and oxygen atoms in total. The molecule has 0 atom stereocenters. The average molecular weight is 302 g/mol. The molecule has 0 radical (unpaired) electrons. The van der Waals surface area contributed by atoms with Crippen molar-refractivity contribution in [2.75, 3.05) is 23.6 Å². The van der Waals surface area contributed by atoms with Gasteiger partial charge in [0.05, 0.1) is 18.5 Å². The van der Waals surface area contributed by atoms with E-state index in [4.69, 9.17) is 23.8 Å². The second-order valence-corrected chi connectivity index (χ2v) is 3.97. The van der Waals surface area contributed by atoms with Crippen LogP contribution in [0.15, 0.2) is 24.3 Å². The van der Waals surface area contributed by atoms with Crippen molar-refractivity contribution >= 4 is 52.3 Å². The maximum Gasteiger partial charge on any atom is 0.413 e. The molecule has 2 amide bonds. The number of alkyl carbamates (subject to hydrolysis) is 1. The predicted octanol–water partition coefficient (Wildman–Crippen LogP) is 1.92. The van der Waals surface area contributed by atoms with Crippen LogP contribution in [0.5, 0.6) is 0 Å². The van der Waals surface area contributed by atoms with E-state index in [2.05, 4.69) is 20.7 Å². The number of carbonyl (C=O) groups is 2. The summed E-state index contributed by atoms with van der Waals surface area (Å²) in [5.74, 6) is -0.498. The van der Waals surface area contributed by atoms with Crippen molar-refractivity contribution in [3.05, 3.63) is 24.3 Å². The highest BCUT2D eigenvalue weighted by atomic mass is 35.5. The number of hydrogen-bond donors (Lipinski definition) is 3. The molecule has 0 heterocycles. The molecular weight excluding hydrogens is 290 g/mol. The van der Waals surface area contributed by atoms with Crippen LogP contribution in [-0.2, 0) is 9.53 Å². The fourth-order valence-electron chi connectivity index (χ4n) is 1.18. The summed E-state index contributed by atoms with van der Waals surface area (Å²) in [6, 6.07) is 6.86. The first kappa shape index (κ1) is 15.2. The number of rotatable bonds is 3.